The molecular formula is C10H16N2OS. The van der Waals surface area contributed by atoms with Crippen molar-refractivity contribution in [2.24, 2.45) is 0 Å². The molecule has 4 saturated heterocycles. The molecule has 0 aromatic rings. The Morgan fingerprint density at radius 2 is 2.07 bits per heavy atom. The Balaban J connectivity index is 1.68. The predicted molar refractivity (Wildman–Crippen MR) is 57.4 cm³/mol. The Kier molecular flexibility index (Phi) is 2.21. The number of nitrogens with zero attached hydrogens (tertiary/aromatic N) is 1. The summed E-state index contributed by atoms with van der Waals surface area (Å²) in [6, 6.07) is 0.537. The van der Waals surface area contributed by atoms with Crippen molar-refractivity contribution in [1.82, 2.24) is 10.2 Å². The van der Waals surface area contributed by atoms with Gasteiger partial charge in [0.05, 0.1) is 5.25 Å². The Morgan fingerprint density at radius 1 is 1.36 bits per heavy atom. The third-order valence-corrected chi connectivity index (χ3v) is 4.99. The minimum absolute atomic E-state index is 0.323. The molecule has 0 saturated carbocycles. The molecule has 3 nitrogen and oxygen atoms in total. The van der Waals surface area contributed by atoms with Gasteiger partial charge in [-0.1, -0.05) is 0 Å². The summed E-state index contributed by atoms with van der Waals surface area (Å²) in [6.45, 7) is 3.18. The van der Waals surface area contributed by atoms with E-state index in [0.717, 1.165) is 44.1 Å². The number of nitrogens with one attached hydrogen (secondary N) is 1. The summed E-state index contributed by atoms with van der Waals surface area (Å²) < 4.78 is 0. The Hall–Kier alpha value is -0.220. The van der Waals surface area contributed by atoms with Crippen LogP contribution in [0.25, 0.3) is 0 Å². The van der Waals surface area contributed by atoms with Gasteiger partial charge >= 0.3 is 0 Å². The summed E-state index contributed by atoms with van der Waals surface area (Å²) in [5.41, 5.74) is 0. The van der Waals surface area contributed by atoms with Crippen molar-refractivity contribution in [3.05, 3.63) is 0 Å². The first-order chi connectivity index (χ1) is 6.84. The van der Waals surface area contributed by atoms with Crippen molar-refractivity contribution in [1.29, 1.82) is 0 Å². The van der Waals surface area contributed by atoms with Crippen LogP contribution in [-0.2, 0) is 4.79 Å². The third-order valence-electron chi connectivity index (χ3n) is 3.54. The maximum atomic E-state index is 11.9. The fourth-order valence-electron chi connectivity index (χ4n) is 2.68. The molecule has 2 atom stereocenters. The van der Waals surface area contributed by atoms with E-state index in [1.807, 2.05) is 11.8 Å². The number of hydrogen-bond donors (Lipinski definition) is 1. The van der Waals surface area contributed by atoms with E-state index in [0.29, 0.717) is 17.2 Å². The molecule has 4 heteroatoms. The van der Waals surface area contributed by atoms with Crippen LogP contribution in [0.5, 0.6) is 0 Å². The van der Waals surface area contributed by atoms with Gasteiger partial charge in [-0.05, 0) is 32.4 Å². The maximum Gasteiger partial charge on any atom is 0.236 e. The third kappa shape index (κ3) is 1.36. The Bertz CT molecular complexity index is 247. The topological polar surface area (TPSA) is 32.3 Å². The highest BCUT2D eigenvalue weighted by molar-refractivity contribution is 8.02. The van der Waals surface area contributed by atoms with E-state index in [1.165, 1.54) is 0 Å². The van der Waals surface area contributed by atoms with Gasteiger partial charge in [0.1, 0.15) is 0 Å². The van der Waals surface area contributed by atoms with Crippen molar-refractivity contribution in [3.63, 3.8) is 0 Å². The molecule has 1 amide bonds. The molecule has 0 spiro atoms. The highest BCUT2D eigenvalue weighted by Crippen LogP contribution is 2.43. The number of fused-ring (bicyclic) bond motifs is 2. The first kappa shape index (κ1) is 9.04. The number of amides is 1. The van der Waals surface area contributed by atoms with E-state index in [1.54, 1.807) is 0 Å². The van der Waals surface area contributed by atoms with Crippen LogP contribution in [0.15, 0.2) is 0 Å². The van der Waals surface area contributed by atoms with Crippen molar-refractivity contribution in [2.45, 2.75) is 35.8 Å². The highest BCUT2D eigenvalue weighted by atomic mass is 32.2. The molecule has 2 bridgehead atoms. The smallest absolute Gasteiger partial charge is 0.236 e. The van der Waals surface area contributed by atoms with Crippen LogP contribution < -0.4 is 5.32 Å². The fourth-order valence-corrected chi connectivity index (χ4v) is 3.93. The fraction of sp³-hybridized carbons (Fsp3) is 0.900. The monoisotopic (exact) mass is 212 g/mol. The van der Waals surface area contributed by atoms with Crippen LogP contribution >= 0.6 is 11.8 Å². The van der Waals surface area contributed by atoms with Gasteiger partial charge in [0.2, 0.25) is 5.91 Å². The van der Waals surface area contributed by atoms with Crippen molar-refractivity contribution in [3.8, 4) is 0 Å². The minimum atomic E-state index is 0.323. The van der Waals surface area contributed by atoms with Gasteiger partial charge in [-0.15, -0.1) is 11.8 Å². The van der Waals surface area contributed by atoms with E-state index in [4.69, 9.17) is 0 Å². The van der Waals surface area contributed by atoms with Crippen LogP contribution in [0.4, 0.5) is 0 Å². The lowest BCUT2D eigenvalue weighted by Gasteiger charge is -2.49. The van der Waals surface area contributed by atoms with Gasteiger partial charge in [0.15, 0.2) is 0 Å². The molecule has 0 radical (unpaired) electrons. The van der Waals surface area contributed by atoms with Gasteiger partial charge in [-0.3, -0.25) is 4.79 Å². The zero-order valence-corrected chi connectivity index (χ0v) is 9.05. The summed E-state index contributed by atoms with van der Waals surface area (Å²) >= 11 is 1.88. The number of carbonyl (C=O) groups excluding carboxylic acids is 1. The summed E-state index contributed by atoms with van der Waals surface area (Å²) in [7, 11) is 0. The molecule has 14 heavy (non-hydrogen) atoms. The van der Waals surface area contributed by atoms with Crippen molar-refractivity contribution >= 4 is 17.7 Å². The quantitative estimate of drug-likeness (QED) is 0.685. The molecule has 78 valence electrons. The second kappa shape index (κ2) is 3.42. The highest BCUT2D eigenvalue weighted by Gasteiger charge is 2.46. The lowest BCUT2D eigenvalue weighted by atomic mass is 9.99. The van der Waals surface area contributed by atoms with Crippen LogP contribution in [0.2, 0.25) is 0 Å². The zero-order valence-electron chi connectivity index (χ0n) is 8.24. The molecule has 4 heterocycles. The average Bonchev–Trinajstić information content (AvgIpc) is 2.17. The molecule has 2 unspecified atom stereocenters. The Morgan fingerprint density at radius 3 is 2.71 bits per heavy atom. The number of thioether (sulfide) groups is 1. The first-order valence-corrected chi connectivity index (χ1v) is 6.45. The largest absolute Gasteiger partial charge is 0.338 e. The van der Waals surface area contributed by atoms with Crippen LogP contribution in [-0.4, -0.2) is 47.0 Å². The molecule has 4 aliphatic heterocycles. The van der Waals surface area contributed by atoms with E-state index in [-0.39, 0.29) is 0 Å². The first-order valence-electron chi connectivity index (χ1n) is 5.51. The molecule has 4 aliphatic rings. The lowest BCUT2D eigenvalue weighted by molar-refractivity contribution is -0.136. The second-order valence-corrected chi connectivity index (χ2v) is 5.96. The van der Waals surface area contributed by atoms with Gasteiger partial charge in [-0.25, -0.2) is 0 Å². The lowest BCUT2D eigenvalue weighted by Crippen LogP contribution is -2.59. The van der Waals surface area contributed by atoms with E-state index >= 15 is 0 Å². The molecule has 4 rings (SSSR count). The zero-order chi connectivity index (χ0) is 9.54. The van der Waals surface area contributed by atoms with E-state index in [9.17, 15) is 4.79 Å². The number of rotatable bonds is 1. The summed E-state index contributed by atoms with van der Waals surface area (Å²) in [6.07, 6.45) is 3.44. The predicted octanol–water partition coefficient (Wildman–Crippen LogP) is 0.455. The summed E-state index contributed by atoms with van der Waals surface area (Å²) in [4.78, 5) is 14.1. The van der Waals surface area contributed by atoms with E-state index < -0.39 is 0 Å². The average molecular weight is 212 g/mol. The second-order valence-electron chi connectivity index (χ2n) is 4.45. The van der Waals surface area contributed by atoms with Crippen LogP contribution in [0, 0.1) is 0 Å². The van der Waals surface area contributed by atoms with Crippen LogP contribution in [0.1, 0.15) is 19.3 Å². The number of carbonyl (C=O) groups is 1. The molecule has 4 fully saturated rings. The molecule has 0 aliphatic carbocycles. The van der Waals surface area contributed by atoms with Gasteiger partial charge in [-0.2, -0.15) is 0 Å². The van der Waals surface area contributed by atoms with Crippen molar-refractivity contribution < 1.29 is 4.79 Å². The van der Waals surface area contributed by atoms with Gasteiger partial charge < -0.3 is 10.2 Å². The minimum Gasteiger partial charge on any atom is -0.338 e. The molecule has 0 aromatic carbocycles. The summed E-state index contributed by atoms with van der Waals surface area (Å²) in [5.74, 6) is 0.421. The molecular weight excluding hydrogens is 196 g/mol. The molecule has 0 aromatic heterocycles. The Labute approximate surface area is 88.6 Å². The normalized spacial score (nSPS) is 38.3. The van der Waals surface area contributed by atoms with E-state index in [2.05, 4.69) is 10.2 Å². The van der Waals surface area contributed by atoms with Crippen LogP contribution in [0.3, 0.4) is 0 Å². The van der Waals surface area contributed by atoms with Gasteiger partial charge in [0, 0.05) is 17.8 Å². The summed E-state index contributed by atoms with van der Waals surface area (Å²) in [5, 5.41) is 4.43. The SMILES string of the molecule is O=C1C2CC(CN1C1CCNCC1)S2. The standard InChI is InChI=1S/C10H16N2OS/c13-10-9-5-8(14-9)6-12(10)7-1-3-11-4-2-7/h7-9,11H,1-6H2. The number of hydrogen-bond acceptors (Lipinski definition) is 3. The number of piperidine rings is 2. The molecule has 1 N–H and O–H groups in total. The van der Waals surface area contributed by atoms with Crippen molar-refractivity contribution in [2.75, 3.05) is 19.6 Å². The maximum absolute atomic E-state index is 11.9. The van der Waals surface area contributed by atoms with Gasteiger partial charge in [0.25, 0.3) is 0 Å².